The molecule has 7 heteroatoms. The molecule has 1 aliphatic heterocycles. The van der Waals surface area contributed by atoms with Crippen LogP contribution in [-0.2, 0) is 7.05 Å². The third kappa shape index (κ3) is 3.19. The molecular formula is C22H22ClFN4O. The van der Waals surface area contributed by atoms with E-state index in [1.54, 1.807) is 26.1 Å². The summed E-state index contributed by atoms with van der Waals surface area (Å²) in [4.78, 5) is 24.7. The molecule has 150 valence electrons. The van der Waals surface area contributed by atoms with Gasteiger partial charge in [0.1, 0.15) is 17.5 Å². The largest absolute Gasteiger partial charge is 0.356 e. The second-order valence-corrected chi connectivity index (χ2v) is 8.64. The molecule has 0 amide bonds. The summed E-state index contributed by atoms with van der Waals surface area (Å²) in [5.74, 6) is 2.40. The fourth-order valence-corrected chi connectivity index (χ4v) is 4.53. The second kappa shape index (κ2) is 6.80. The number of anilines is 1. The first kappa shape index (κ1) is 18.6. The highest BCUT2D eigenvalue weighted by molar-refractivity contribution is 6.30. The Morgan fingerprint density at radius 1 is 1.14 bits per heavy atom. The number of hydrogen-bond acceptors (Lipinski definition) is 4. The molecule has 1 saturated carbocycles. The fraction of sp³-hybridized carbons (Fsp3) is 0.409. The SMILES string of the molecule is Cc1nc2cc(N3CC[C@@H](C4CC4)C3)nc(-c3ccc(Cl)cc3F)c2c(=O)n1C. The molecular weight excluding hydrogens is 391 g/mol. The predicted octanol–water partition coefficient (Wildman–Crippen LogP) is 4.33. The van der Waals surface area contributed by atoms with E-state index in [0.717, 1.165) is 31.2 Å². The van der Waals surface area contributed by atoms with Gasteiger partial charge in [-0.15, -0.1) is 0 Å². The highest BCUT2D eigenvalue weighted by atomic mass is 35.5. The number of rotatable bonds is 3. The predicted molar refractivity (Wildman–Crippen MR) is 113 cm³/mol. The van der Waals surface area contributed by atoms with E-state index < -0.39 is 5.82 Å². The zero-order chi connectivity index (χ0) is 20.3. The summed E-state index contributed by atoms with van der Waals surface area (Å²) in [6.45, 7) is 3.67. The Morgan fingerprint density at radius 3 is 2.66 bits per heavy atom. The molecule has 2 aromatic heterocycles. The fourth-order valence-electron chi connectivity index (χ4n) is 4.37. The summed E-state index contributed by atoms with van der Waals surface area (Å²) in [6, 6.07) is 6.32. The van der Waals surface area contributed by atoms with Gasteiger partial charge in [-0.05, 0) is 56.2 Å². The summed E-state index contributed by atoms with van der Waals surface area (Å²) >= 11 is 5.94. The van der Waals surface area contributed by atoms with Crippen molar-refractivity contribution in [3.05, 3.63) is 51.3 Å². The van der Waals surface area contributed by atoms with Crippen molar-refractivity contribution in [1.82, 2.24) is 14.5 Å². The smallest absolute Gasteiger partial charge is 0.263 e. The Hall–Kier alpha value is -2.47. The normalized spacial score (nSPS) is 19.3. The van der Waals surface area contributed by atoms with Gasteiger partial charge < -0.3 is 4.90 Å². The summed E-state index contributed by atoms with van der Waals surface area (Å²) in [7, 11) is 1.67. The number of nitrogens with zero attached hydrogens (tertiary/aromatic N) is 4. The summed E-state index contributed by atoms with van der Waals surface area (Å²) in [6.07, 6.45) is 3.79. The third-order valence-corrected chi connectivity index (χ3v) is 6.53. The van der Waals surface area contributed by atoms with Gasteiger partial charge in [0.05, 0.1) is 16.6 Å². The zero-order valence-corrected chi connectivity index (χ0v) is 17.2. The van der Waals surface area contributed by atoms with Crippen LogP contribution in [0, 0.1) is 24.6 Å². The Bertz CT molecular complexity index is 1190. The van der Waals surface area contributed by atoms with Crippen molar-refractivity contribution in [2.45, 2.75) is 26.2 Å². The molecule has 1 saturated heterocycles. The topological polar surface area (TPSA) is 51.0 Å². The molecule has 3 aromatic rings. The molecule has 0 spiro atoms. The van der Waals surface area contributed by atoms with Gasteiger partial charge in [-0.25, -0.2) is 14.4 Å². The summed E-state index contributed by atoms with van der Waals surface area (Å²) in [5, 5.41) is 0.640. The highest BCUT2D eigenvalue weighted by Gasteiger charge is 2.36. The monoisotopic (exact) mass is 412 g/mol. The first-order valence-corrected chi connectivity index (χ1v) is 10.4. The van der Waals surface area contributed by atoms with Crippen molar-refractivity contribution in [2.75, 3.05) is 18.0 Å². The highest BCUT2D eigenvalue weighted by Crippen LogP contribution is 2.42. The van der Waals surface area contributed by atoms with Gasteiger partial charge in [-0.1, -0.05) is 11.6 Å². The molecule has 0 bridgehead atoms. The van der Waals surface area contributed by atoms with Crippen LogP contribution in [0.4, 0.5) is 10.2 Å². The average molecular weight is 413 g/mol. The minimum atomic E-state index is -0.497. The van der Waals surface area contributed by atoms with E-state index in [2.05, 4.69) is 9.88 Å². The van der Waals surface area contributed by atoms with Gasteiger partial charge in [-0.3, -0.25) is 9.36 Å². The molecule has 1 atom stereocenters. The zero-order valence-electron chi connectivity index (χ0n) is 16.5. The van der Waals surface area contributed by atoms with Gasteiger partial charge >= 0.3 is 0 Å². The van der Waals surface area contributed by atoms with Gasteiger partial charge in [0.25, 0.3) is 5.56 Å². The lowest BCUT2D eigenvalue weighted by Gasteiger charge is -2.20. The Morgan fingerprint density at radius 2 is 1.93 bits per heavy atom. The van der Waals surface area contributed by atoms with Gasteiger partial charge in [0.15, 0.2) is 0 Å². The third-order valence-electron chi connectivity index (χ3n) is 6.29. The molecule has 5 nitrogen and oxygen atoms in total. The number of aromatic nitrogens is 3. The Balaban J connectivity index is 1.72. The summed E-state index contributed by atoms with van der Waals surface area (Å²) in [5.41, 5.74) is 0.916. The lowest BCUT2D eigenvalue weighted by Crippen LogP contribution is -2.24. The van der Waals surface area contributed by atoms with Crippen molar-refractivity contribution in [3.63, 3.8) is 0 Å². The molecule has 0 radical (unpaired) electrons. The van der Waals surface area contributed by atoms with Crippen molar-refractivity contribution in [2.24, 2.45) is 18.9 Å². The lowest BCUT2D eigenvalue weighted by atomic mass is 10.0. The van der Waals surface area contributed by atoms with Crippen molar-refractivity contribution < 1.29 is 4.39 Å². The number of pyridine rings is 1. The maximum atomic E-state index is 14.8. The quantitative estimate of drug-likeness (QED) is 0.642. The van der Waals surface area contributed by atoms with Crippen LogP contribution in [0.5, 0.6) is 0 Å². The molecule has 1 aliphatic carbocycles. The molecule has 1 aromatic carbocycles. The maximum Gasteiger partial charge on any atom is 0.263 e. The average Bonchev–Trinajstić information content (AvgIpc) is 3.42. The number of aryl methyl sites for hydroxylation is 1. The molecule has 2 aliphatic rings. The lowest BCUT2D eigenvalue weighted by molar-refractivity contribution is 0.514. The van der Waals surface area contributed by atoms with Crippen LogP contribution in [0.15, 0.2) is 29.1 Å². The number of hydrogen-bond donors (Lipinski definition) is 0. The minimum Gasteiger partial charge on any atom is -0.356 e. The second-order valence-electron chi connectivity index (χ2n) is 8.20. The molecule has 2 fully saturated rings. The molecule has 0 N–H and O–H groups in total. The number of benzene rings is 1. The van der Waals surface area contributed by atoms with Gasteiger partial charge in [-0.2, -0.15) is 0 Å². The van der Waals surface area contributed by atoms with Crippen molar-refractivity contribution >= 4 is 28.3 Å². The van der Waals surface area contributed by atoms with Crippen LogP contribution in [-0.4, -0.2) is 27.6 Å². The minimum absolute atomic E-state index is 0.229. The van der Waals surface area contributed by atoms with E-state index in [1.807, 2.05) is 6.07 Å². The molecule has 3 heterocycles. The van der Waals surface area contributed by atoms with Crippen LogP contribution in [0.25, 0.3) is 22.2 Å². The van der Waals surface area contributed by atoms with E-state index in [1.165, 1.54) is 23.5 Å². The molecule has 5 rings (SSSR count). The van der Waals surface area contributed by atoms with Crippen molar-refractivity contribution in [3.8, 4) is 11.3 Å². The van der Waals surface area contributed by atoms with E-state index in [-0.39, 0.29) is 11.1 Å². The number of fused-ring (bicyclic) bond motifs is 1. The van der Waals surface area contributed by atoms with E-state index in [4.69, 9.17) is 16.6 Å². The number of halogens is 2. The molecule has 29 heavy (non-hydrogen) atoms. The summed E-state index contributed by atoms with van der Waals surface area (Å²) < 4.78 is 16.3. The first-order valence-electron chi connectivity index (χ1n) is 10.0. The van der Waals surface area contributed by atoms with Crippen LogP contribution < -0.4 is 10.5 Å². The van der Waals surface area contributed by atoms with E-state index in [9.17, 15) is 9.18 Å². The van der Waals surface area contributed by atoms with Gasteiger partial charge in [0.2, 0.25) is 0 Å². The van der Waals surface area contributed by atoms with Crippen LogP contribution in [0.3, 0.4) is 0 Å². The molecule has 0 unspecified atom stereocenters. The first-order chi connectivity index (χ1) is 13.9. The van der Waals surface area contributed by atoms with Crippen molar-refractivity contribution in [1.29, 1.82) is 0 Å². The van der Waals surface area contributed by atoms with Gasteiger partial charge in [0, 0.05) is 36.8 Å². The standard InChI is InChI=1S/C22H22ClFN4O/c1-12-25-18-10-19(28-8-7-14(11-28)13-3-4-13)26-21(20(18)22(29)27(12)2)16-6-5-15(23)9-17(16)24/h5-6,9-10,13-14H,3-4,7-8,11H2,1-2H3/t14-/m1/s1. The Labute approximate surface area is 173 Å². The Kier molecular flexibility index (Phi) is 4.35. The maximum absolute atomic E-state index is 14.8. The van der Waals surface area contributed by atoms with Crippen LogP contribution in [0.1, 0.15) is 25.1 Å². The van der Waals surface area contributed by atoms with E-state index in [0.29, 0.717) is 33.4 Å². The van der Waals surface area contributed by atoms with Crippen LogP contribution in [0.2, 0.25) is 5.02 Å². The van der Waals surface area contributed by atoms with Crippen LogP contribution >= 0.6 is 11.6 Å². The van der Waals surface area contributed by atoms with E-state index >= 15 is 0 Å².